The monoisotopic (exact) mass is 795 g/mol. The molecule has 0 aliphatic heterocycles. The van der Waals surface area contributed by atoms with Crippen molar-refractivity contribution in [3.05, 3.63) is 16.0 Å². The summed E-state index contributed by atoms with van der Waals surface area (Å²) in [6.45, 7) is 0. The third-order valence-corrected chi connectivity index (χ3v) is 18.9. The maximum Gasteiger partial charge on any atom is 0.140 e. The Bertz CT molecular complexity index is 3420. The Balaban J connectivity index is 1.69. The topological polar surface area (TPSA) is 0 Å². The summed E-state index contributed by atoms with van der Waals surface area (Å²) in [5, 5.41) is 11.6. The molecule has 0 radical (unpaired) electrons. The van der Waals surface area contributed by atoms with Crippen molar-refractivity contribution in [3.63, 3.8) is 0 Å². The van der Waals surface area contributed by atoms with Crippen molar-refractivity contribution in [3.8, 4) is 22.3 Å². The average Bonchev–Trinajstić information content (AvgIpc) is 3.51. The molecule has 0 spiro atoms. The summed E-state index contributed by atoms with van der Waals surface area (Å²) >= 11 is 0. The van der Waals surface area contributed by atoms with E-state index in [0.29, 0.717) is 0 Å². The lowest BCUT2D eigenvalue weighted by molar-refractivity contribution is 1.23. The van der Waals surface area contributed by atoms with Gasteiger partial charge in [-0.1, -0.05) is 93.0 Å². The third kappa shape index (κ3) is 5.98. The van der Waals surface area contributed by atoms with Crippen LogP contribution < -0.4 is 136 Å². The van der Waals surface area contributed by atoms with Gasteiger partial charge in [-0.05, 0) is 65.0 Å². The van der Waals surface area contributed by atoms with Crippen molar-refractivity contribution < 1.29 is 0 Å². The molecule has 0 aromatic heterocycles. The van der Waals surface area contributed by atoms with E-state index >= 15 is 0 Å². The normalized spacial score (nSPS) is 12.9. The fraction of sp³-hybridized carbons (Fsp3) is 0.0256. The first-order valence-electron chi connectivity index (χ1n) is 24.1. The lowest BCUT2D eigenvalue weighted by Gasteiger charge is -2.33. The summed E-state index contributed by atoms with van der Waals surface area (Å²) in [4.78, 5) is 0. The van der Waals surface area contributed by atoms with Gasteiger partial charge in [0, 0.05) is 5.92 Å². The summed E-state index contributed by atoms with van der Waals surface area (Å²) in [5.74, 6) is 0.228. The van der Waals surface area contributed by atoms with E-state index in [9.17, 15) is 0 Å². The Morgan fingerprint density at radius 3 is 0.750 bits per heavy atom. The second kappa shape index (κ2) is 15.9. The van der Waals surface area contributed by atoms with Gasteiger partial charge in [-0.3, -0.25) is 0 Å². The first-order valence-corrected chi connectivity index (χ1v) is 24.1. The molecule has 1 aliphatic rings. The Labute approximate surface area is 406 Å². The second-order valence-corrected chi connectivity index (χ2v) is 21.1. The van der Waals surface area contributed by atoms with Crippen LogP contribution in [0.2, 0.25) is 0 Å². The Morgan fingerprint density at radius 2 is 0.406 bits per heavy atom. The summed E-state index contributed by atoms with van der Waals surface area (Å²) in [5.41, 5.74) is 42.9. The van der Waals surface area contributed by atoms with E-state index in [4.69, 9.17) is 0 Å². The Hall–Kier alpha value is -3.32. The van der Waals surface area contributed by atoms with E-state index in [1.54, 1.807) is 0 Å². The molecule has 7 aromatic rings. The van der Waals surface area contributed by atoms with Gasteiger partial charge >= 0.3 is 0 Å². The van der Waals surface area contributed by atoms with Crippen molar-refractivity contribution in [2.75, 3.05) is 0 Å². The second-order valence-electron chi connectivity index (χ2n) is 21.1. The Kier molecular flexibility index (Phi) is 11.7. The van der Waals surface area contributed by atoms with Gasteiger partial charge in [-0.15, -0.1) is 49.2 Å². The van der Waals surface area contributed by atoms with Crippen LogP contribution in [0, 0.1) is 0 Å². The molecule has 0 bridgehead atoms. The molecule has 25 heteroatoms. The third-order valence-electron chi connectivity index (χ3n) is 18.9. The molecule has 282 valence electrons. The maximum absolute atomic E-state index is 2.48. The molecule has 0 atom stereocenters. The van der Waals surface area contributed by atoms with Gasteiger partial charge in [0.25, 0.3) is 0 Å². The fourth-order valence-electron chi connectivity index (χ4n) is 13.6. The number of fused-ring (bicyclic) bond motifs is 4. The highest BCUT2D eigenvalue weighted by atomic mass is 14.3. The van der Waals surface area contributed by atoms with Crippen molar-refractivity contribution in [1.29, 1.82) is 0 Å². The number of hydrogen-bond donors (Lipinski definition) is 0. The molecule has 0 fully saturated rings. The zero-order valence-electron chi connectivity index (χ0n) is 44.6. The molecule has 0 heterocycles. The van der Waals surface area contributed by atoms with Crippen molar-refractivity contribution in [2.45, 2.75) is 5.92 Å². The highest BCUT2D eigenvalue weighted by Crippen LogP contribution is 2.40. The largest absolute Gasteiger partial charge is 0.140 e. The molecule has 0 saturated carbocycles. The number of benzene rings is 7. The lowest BCUT2D eigenvalue weighted by atomic mass is 9.55. The van der Waals surface area contributed by atoms with Crippen LogP contribution in [0.1, 0.15) is 11.5 Å². The van der Waals surface area contributed by atoms with Gasteiger partial charge in [0.15, 0.2) is 0 Å². The van der Waals surface area contributed by atoms with Crippen molar-refractivity contribution in [1.82, 2.24) is 0 Å². The van der Waals surface area contributed by atoms with Crippen molar-refractivity contribution in [2.24, 2.45) is 0 Å². The van der Waals surface area contributed by atoms with Crippen LogP contribution in [0.15, 0.2) is 0 Å². The van der Waals surface area contributed by atoms with Crippen LogP contribution in [0.5, 0.6) is 0 Å². The molecule has 0 amide bonds. The summed E-state index contributed by atoms with van der Waals surface area (Å²) in [6.07, 6.45) is 0. The Morgan fingerprint density at radius 1 is 0.172 bits per heavy atom. The summed E-state index contributed by atoms with van der Waals surface area (Å²) in [7, 11) is 59.9. The fourth-order valence-corrected chi connectivity index (χ4v) is 13.6. The molecular formula is C39H51B25. The minimum absolute atomic E-state index is 0.228. The highest BCUT2D eigenvalue weighted by molar-refractivity contribution is 6.76. The van der Waals surface area contributed by atoms with Crippen LogP contribution >= 0.6 is 0 Å². The van der Waals surface area contributed by atoms with Gasteiger partial charge in [0.1, 0.15) is 196 Å². The molecule has 1 aliphatic carbocycles. The van der Waals surface area contributed by atoms with E-state index in [-0.39, 0.29) is 5.92 Å². The van der Waals surface area contributed by atoms with E-state index < -0.39 is 0 Å². The number of hydrogen-bond acceptors (Lipinski definition) is 0. The minimum Gasteiger partial charge on any atom is -0.101 e. The highest BCUT2D eigenvalue weighted by Gasteiger charge is 2.33. The van der Waals surface area contributed by atoms with Crippen LogP contribution in [-0.2, 0) is 0 Å². The summed E-state index contributed by atoms with van der Waals surface area (Å²) in [6, 6.07) is 0. The smallest absolute Gasteiger partial charge is 0.101 e. The molecule has 64 heavy (non-hydrogen) atoms. The van der Waals surface area contributed by atoms with Gasteiger partial charge in [0.05, 0.1) is 0 Å². The summed E-state index contributed by atoms with van der Waals surface area (Å²) < 4.78 is 0. The number of rotatable bonds is 3. The van der Waals surface area contributed by atoms with Gasteiger partial charge in [-0.25, -0.2) is 0 Å². The first kappa shape index (κ1) is 47.2. The molecule has 0 N–H and O–H groups in total. The molecule has 0 unspecified atom stereocenters. The van der Waals surface area contributed by atoms with Gasteiger partial charge < -0.3 is 0 Å². The first-order chi connectivity index (χ1) is 29.8. The van der Waals surface area contributed by atoms with Crippen LogP contribution in [-0.4, -0.2) is 196 Å². The molecular weight excluding hydrogens is 739 g/mol. The van der Waals surface area contributed by atoms with E-state index in [0.717, 1.165) is 0 Å². The SMILES string of the molecule is BC1=c2c(B)c(B)c(B)c(B)c2=C(B)C1c1c(B)c(B)c(B)c(-c2c3c(B)c(B)c(B)c(B)c3c(-c3c(B)c(B)c4c(B)c(B)c(B)c(B)c4c3B)c3c(B)c(B)c(B)c(B)c23)c1B. The standard InChI is InChI=1S/C39H51B25/c40-15-7(23(48)24(49)14-13(15)29(54)38(63)39(64)30(14)55)1-3-5(21(46)34(59)32(57)19(3)44)2(6-4(1)20(45)33(58)35(60)22(6)47)8-16(41)10(26(51)31(56)25(8)50)9-17(42)11-12(18(9)43)28(53)37(62)36(61)27(11)52/h9H,40-64H2. The van der Waals surface area contributed by atoms with Gasteiger partial charge in [-0.2, -0.15) is 0 Å². The average molecular weight is 790 g/mol. The molecule has 0 saturated heterocycles. The van der Waals surface area contributed by atoms with Gasteiger partial charge in [0.2, 0.25) is 0 Å². The van der Waals surface area contributed by atoms with Crippen molar-refractivity contribution >= 4 is 365 Å². The van der Waals surface area contributed by atoms with Crippen LogP contribution in [0.25, 0.3) is 65.5 Å². The maximum atomic E-state index is 2.48. The minimum atomic E-state index is 0.228. The van der Waals surface area contributed by atoms with E-state index in [1.165, 1.54) is 207 Å². The molecule has 0 nitrogen and oxygen atoms in total. The molecule has 8 rings (SSSR count). The van der Waals surface area contributed by atoms with E-state index in [2.05, 4.69) is 196 Å². The zero-order valence-corrected chi connectivity index (χ0v) is 44.6. The van der Waals surface area contributed by atoms with Crippen LogP contribution in [0.4, 0.5) is 0 Å². The quantitative estimate of drug-likeness (QED) is 0.124. The lowest BCUT2D eigenvalue weighted by Crippen LogP contribution is -2.63. The van der Waals surface area contributed by atoms with E-state index in [1.807, 2.05) is 0 Å². The predicted molar refractivity (Wildman–Crippen MR) is 370 cm³/mol. The molecule has 7 aromatic carbocycles. The zero-order chi connectivity index (χ0) is 47.5. The van der Waals surface area contributed by atoms with Crippen LogP contribution in [0.3, 0.4) is 0 Å². The predicted octanol–water partition coefficient (Wildman–Crippen LogP) is -33.3.